The fourth-order valence-electron chi connectivity index (χ4n) is 2.18. The molecule has 0 radical (unpaired) electrons. The van der Waals surface area contributed by atoms with Crippen molar-refractivity contribution < 1.29 is 8.42 Å². The van der Waals surface area contributed by atoms with Crippen LogP contribution in [-0.4, -0.2) is 8.42 Å². The first-order valence-corrected chi connectivity index (χ1v) is 8.74. The van der Waals surface area contributed by atoms with Crippen LogP contribution in [0.1, 0.15) is 0 Å². The Labute approximate surface area is 135 Å². The zero-order valence-electron chi connectivity index (χ0n) is 11.8. The highest BCUT2D eigenvalue weighted by molar-refractivity contribution is 7.79. The van der Waals surface area contributed by atoms with Crippen LogP contribution >= 0.6 is 7.92 Å². The van der Waals surface area contributed by atoms with Crippen LogP contribution in [0.15, 0.2) is 91.0 Å². The van der Waals surface area contributed by atoms with E-state index in [1.807, 2.05) is 0 Å². The van der Waals surface area contributed by atoms with Gasteiger partial charge in [-0.2, -0.15) is 8.42 Å². The van der Waals surface area contributed by atoms with Crippen molar-refractivity contribution in [1.29, 1.82) is 0 Å². The highest BCUT2D eigenvalue weighted by Gasteiger charge is 2.14. The van der Waals surface area contributed by atoms with Crippen molar-refractivity contribution in [3.63, 3.8) is 0 Å². The molecule has 110 valence electrons. The first-order chi connectivity index (χ1) is 10.9. The monoisotopic (exact) mass is 326 g/mol. The van der Waals surface area contributed by atoms with E-state index in [2.05, 4.69) is 91.0 Å². The Morgan fingerprint density at radius 1 is 0.500 bits per heavy atom. The molecule has 3 aromatic rings. The van der Waals surface area contributed by atoms with Gasteiger partial charge in [0.2, 0.25) is 0 Å². The van der Waals surface area contributed by atoms with Crippen molar-refractivity contribution in [2.24, 2.45) is 0 Å². The van der Waals surface area contributed by atoms with E-state index in [1.165, 1.54) is 15.9 Å². The molecule has 0 aliphatic rings. The molecule has 0 aliphatic heterocycles. The molecule has 3 aromatic carbocycles. The molecule has 2 nitrogen and oxygen atoms in total. The molecule has 0 unspecified atom stereocenters. The molecule has 0 N–H and O–H groups in total. The first-order valence-electron chi connectivity index (χ1n) is 6.74. The van der Waals surface area contributed by atoms with E-state index >= 15 is 0 Å². The molecule has 3 rings (SSSR count). The van der Waals surface area contributed by atoms with Gasteiger partial charge < -0.3 is 0 Å². The number of hydrogen-bond acceptors (Lipinski definition) is 2. The second-order valence-electron chi connectivity index (χ2n) is 4.41. The van der Waals surface area contributed by atoms with Crippen molar-refractivity contribution >= 4 is 35.4 Å². The molecule has 4 heteroatoms. The maximum atomic E-state index is 8.29. The third kappa shape index (κ3) is 4.45. The molecule has 0 saturated carbocycles. The van der Waals surface area contributed by atoms with Crippen molar-refractivity contribution in [2.45, 2.75) is 0 Å². The normalized spacial score (nSPS) is 9.68. The summed E-state index contributed by atoms with van der Waals surface area (Å²) in [5, 5.41) is 4.19. The Morgan fingerprint density at radius 2 is 0.727 bits per heavy atom. The van der Waals surface area contributed by atoms with Gasteiger partial charge in [-0.25, -0.2) is 0 Å². The lowest BCUT2D eigenvalue weighted by Crippen LogP contribution is -2.20. The van der Waals surface area contributed by atoms with Crippen molar-refractivity contribution in [3.8, 4) is 0 Å². The van der Waals surface area contributed by atoms with Crippen LogP contribution in [-0.2, 0) is 11.6 Å². The van der Waals surface area contributed by atoms with E-state index in [0.717, 1.165) is 0 Å². The van der Waals surface area contributed by atoms with Gasteiger partial charge in [0.25, 0.3) is 0 Å². The fourth-order valence-corrected chi connectivity index (χ4v) is 4.48. The maximum absolute atomic E-state index is 8.29. The third-order valence-electron chi connectivity index (χ3n) is 3.04. The summed E-state index contributed by atoms with van der Waals surface area (Å²) in [5.41, 5.74) is 0. The lowest BCUT2D eigenvalue weighted by molar-refractivity contribution is 0.630. The number of benzene rings is 3. The van der Waals surface area contributed by atoms with Gasteiger partial charge in [0.05, 0.1) is 0 Å². The van der Waals surface area contributed by atoms with Crippen LogP contribution in [0.5, 0.6) is 0 Å². The second-order valence-corrected chi connectivity index (χ2v) is 6.77. The first kappa shape index (κ1) is 16.3. The van der Waals surface area contributed by atoms with Gasteiger partial charge in [0.1, 0.15) is 0 Å². The minimum Gasteiger partial charge on any atom is -0.168 e. The van der Waals surface area contributed by atoms with Crippen molar-refractivity contribution in [2.75, 3.05) is 0 Å². The minimum atomic E-state index is -0.750. The summed E-state index contributed by atoms with van der Waals surface area (Å²) in [5.74, 6) is 0. The molecule has 22 heavy (non-hydrogen) atoms. The van der Waals surface area contributed by atoms with Crippen molar-refractivity contribution in [3.05, 3.63) is 91.0 Å². The van der Waals surface area contributed by atoms with Crippen LogP contribution in [0.2, 0.25) is 0 Å². The molecule has 0 saturated heterocycles. The summed E-state index contributed by atoms with van der Waals surface area (Å²) >= 11 is -0.750. The molecule has 0 spiro atoms. The predicted molar refractivity (Wildman–Crippen MR) is 94.1 cm³/mol. The lowest BCUT2D eigenvalue weighted by Gasteiger charge is -2.18. The summed E-state index contributed by atoms with van der Waals surface area (Å²) in [7, 11) is -0.446. The quantitative estimate of drug-likeness (QED) is 0.694. The molecule has 0 aromatic heterocycles. The summed E-state index contributed by atoms with van der Waals surface area (Å²) in [4.78, 5) is 0. The van der Waals surface area contributed by atoms with E-state index < -0.39 is 19.5 Å². The van der Waals surface area contributed by atoms with Gasteiger partial charge in [-0.05, 0) is 23.8 Å². The van der Waals surface area contributed by atoms with Gasteiger partial charge in [-0.15, -0.1) is 0 Å². The smallest absolute Gasteiger partial charge is 0.168 e. The summed E-state index contributed by atoms with van der Waals surface area (Å²) in [6, 6.07) is 32.3. The van der Waals surface area contributed by atoms with Gasteiger partial charge in [0.15, 0.2) is 0 Å². The average molecular weight is 326 g/mol. The van der Waals surface area contributed by atoms with Gasteiger partial charge in [-0.3, -0.25) is 0 Å². The van der Waals surface area contributed by atoms with E-state index in [4.69, 9.17) is 8.42 Å². The molecule has 0 aliphatic carbocycles. The molecular formula is C18H15O2PS. The number of hydrogen-bond donors (Lipinski definition) is 0. The molecule has 0 amide bonds. The van der Waals surface area contributed by atoms with E-state index in [-0.39, 0.29) is 0 Å². The SMILES string of the molecule is O=S=O.c1ccc(P(c2ccccc2)c2ccccc2)cc1. The Balaban J connectivity index is 0.000000545. The van der Waals surface area contributed by atoms with E-state index in [1.54, 1.807) is 0 Å². The molecule has 0 bridgehead atoms. The Kier molecular flexibility index (Phi) is 6.69. The zero-order chi connectivity index (χ0) is 15.6. The van der Waals surface area contributed by atoms with Crippen molar-refractivity contribution in [1.82, 2.24) is 0 Å². The lowest BCUT2D eigenvalue weighted by atomic mass is 10.4. The number of rotatable bonds is 3. The minimum absolute atomic E-state index is 0.446. The Hall–Kier alpha value is -2.09. The van der Waals surface area contributed by atoms with Crippen LogP contribution < -0.4 is 15.9 Å². The molecule has 0 fully saturated rings. The summed E-state index contributed by atoms with van der Waals surface area (Å²) in [6.45, 7) is 0. The molecule has 0 atom stereocenters. The standard InChI is InChI=1S/C18H15P.O2S/c1-4-10-16(11-5-1)19(17-12-6-2-7-13-17)18-14-8-3-9-15-18;1-3-2/h1-15H;. The van der Waals surface area contributed by atoms with Gasteiger partial charge >= 0.3 is 11.6 Å². The van der Waals surface area contributed by atoms with Crippen LogP contribution in [0.4, 0.5) is 0 Å². The van der Waals surface area contributed by atoms with Crippen LogP contribution in [0.3, 0.4) is 0 Å². The second kappa shape index (κ2) is 9.04. The van der Waals surface area contributed by atoms with E-state index in [0.29, 0.717) is 0 Å². The van der Waals surface area contributed by atoms with E-state index in [9.17, 15) is 0 Å². The summed E-state index contributed by atoms with van der Waals surface area (Å²) < 4.78 is 16.6. The van der Waals surface area contributed by atoms with Crippen LogP contribution in [0, 0.1) is 0 Å². The predicted octanol–water partition coefficient (Wildman–Crippen LogP) is 2.77. The zero-order valence-corrected chi connectivity index (χ0v) is 13.5. The Bertz CT molecular complexity index is 618. The summed E-state index contributed by atoms with van der Waals surface area (Å²) in [6.07, 6.45) is 0. The Morgan fingerprint density at radius 3 is 0.955 bits per heavy atom. The highest BCUT2D eigenvalue weighted by Crippen LogP contribution is 2.32. The van der Waals surface area contributed by atoms with Gasteiger partial charge in [0, 0.05) is 0 Å². The molecular weight excluding hydrogens is 311 g/mol. The fraction of sp³-hybridized carbons (Fsp3) is 0. The average Bonchev–Trinajstić information content (AvgIpc) is 2.59. The molecule has 0 heterocycles. The highest BCUT2D eigenvalue weighted by atomic mass is 32.1. The maximum Gasteiger partial charge on any atom is 0.335 e. The van der Waals surface area contributed by atoms with Crippen LogP contribution in [0.25, 0.3) is 0 Å². The topological polar surface area (TPSA) is 34.1 Å². The van der Waals surface area contributed by atoms with Gasteiger partial charge in [-0.1, -0.05) is 91.0 Å². The largest absolute Gasteiger partial charge is 0.335 e. The third-order valence-corrected chi connectivity index (χ3v) is 5.49.